The monoisotopic (exact) mass is 528 g/mol. The Kier molecular flexibility index (Phi) is 7.27. The zero-order valence-corrected chi connectivity index (χ0v) is 20.2. The van der Waals surface area contributed by atoms with E-state index in [0.717, 1.165) is 24.8 Å². The van der Waals surface area contributed by atoms with Crippen LogP contribution in [0.2, 0.25) is 0 Å². The molecule has 200 valence electrons. The lowest BCUT2D eigenvalue weighted by atomic mass is 10.00. The first-order chi connectivity index (χ1) is 17.4. The Morgan fingerprint density at radius 3 is 2.46 bits per heavy atom. The van der Waals surface area contributed by atoms with E-state index in [1.807, 2.05) is 13.8 Å². The van der Waals surface area contributed by atoms with Crippen LogP contribution in [0.1, 0.15) is 31.4 Å². The second-order valence-electron chi connectivity index (χ2n) is 8.93. The summed E-state index contributed by atoms with van der Waals surface area (Å²) in [6.45, 7) is 4.14. The van der Waals surface area contributed by atoms with E-state index in [1.165, 1.54) is 23.2 Å². The highest BCUT2D eigenvalue weighted by Gasteiger charge is 2.37. The predicted octanol–water partition coefficient (Wildman–Crippen LogP) is 5.11. The van der Waals surface area contributed by atoms with Gasteiger partial charge in [0, 0.05) is 24.6 Å². The molecule has 37 heavy (non-hydrogen) atoms. The van der Waals surface area contributed by atoms with Crippen molar-refractivity contribution < 1.29 is 31.1 Å². The lowest BCUT2D eigenvalue weighted by molar-refractivity contribution is -0.139. The van der Waals surface area contributed by atoms with Crippen molar-refractivity contribution in [3.8, 4) is 5.88 Å². The van der Waals surface area contributed by atoms with Gasteiger partial charge in [0.15, 0.2) is 0 Å². The molecular weight excluding hydrogens is 502 g/mol. The molecule has 3 N–H and O–H groups in total. The van der Waals surface area contributed by atoms with Crippen LogP contribution in [0.3, 0.4) is 0 Å². The molecule has 0 aliphatic carbocycles. The van der Waals surface area contributed by atoms with Gasteiger partial charge in [-0.3, -0.25) is 5.32 Å². The van der Waals surface area contributed by atoms with Gasteiger partial charge in [-0.05, 0) is 48.3 Å². The molecule has 7 nitrogen and oxygen atoms in total. The quantitative estimate of drug-likeness (QED) is 0.466. The molecule has 4 rings (SSSR count). The topological polar surface area (TPSA) is 74.3 Å². The summed E-state index contributed by atoms with van der Waals surface area (Å²) in [6.07, 6.45) is -5.13. The Bertz CT molecular complexity index is 1190. The fourth-order valence-electron chi connectivity index (χ4n) is 4.20. The van der Waals surface area contributed by atoms with Crippen molar-refractivity contribution in [2.45, 2.75) is 45.0 Å². The molecule has 0 saturated heterocycles. The van der Waals surface area contributed by atoms with Crippen molar-refractivity contribution in [2.75, 3.05) is 23.9 Å². The first kappa shape index (κ1) is 26.6. The van der Waals surface area contributed by atoms with Gasteiger partial charge in [-0.25, -0.2) is 4.98 Å². The van der Waals surface area contributed by atoms with Crippen LogP contribution in [-0.2, 0) is 12.4 Å². The van der Waals surface area contributed by atoms with Crippen LogP contribution < -0.4 is 25.6 Å². The maximum Gasteiger partial charge on any atom is 0.421 e. The molecule has 4 heterocycles. The van der Waals surface area contributed by atoms with Gasteiger partial charge in [0.1, 0.15) is 23.4 Å². The molecule has 0 bridgehead atoms. The predicted molar refractivity (Wildman–Crippen MR) is 125 cm³/mol. The minimum atomic E-state index is -4.63. The number of nitrogens with zero attached hydrogens (tertiary/aromatic N) is 3. The second kappa shape index (κ2) is 10.1. The lowest BCUT2D eigenvalue weighted by Crippen LogP contribution is -2.57. The van der Waals surface area contributed by atoms with Crippen molar-refractivity contribution in [2.24, 2.45) is 5.92 Å². The third-order valence-electron chi connectivity index (χ3n) is 6.08. The molecule has 0 aromatic carbocycles. The first-order valence-electron chi connectivity index (χ1n) is 11.5. The van der Waals surface area contributed by atoms with Crippen LogP contribution >= 0.6 is 0 Å². The smallest absolute Gasteiger partial charge is 0.421 e. The van der Waals surface area contributed by atoms with E-state index < -0.39 is 35.5 Å². The van der Waals surface area contributed by atoms with E-state index >= 15 is 0 Å². The fraction of sp³-hybridized carbons (Fsp3) is 0.417. The summed E-state index contributed by atoms with van der Waals surface area (Å²) >= 11 is 0. The van der Waals surface area contributed by atoms with Crippen molar-refractivity contribution >= 4 is 11.6 Å². The molecule has 2 aliphatic heterocycles. The Balaban J connectivity index is 1.63. The molecule has 2 aromatic heterocycles. The van der Waals surface area contributed by atoms with Crippen LogP contribution in [0, 0.1) is 5.92 Å². The Morgan fingerprint density at radius 1 is 1.08 bits per heavy atom. The number of methoxy groups -OCH3 is 1. The number of nitrogens with one attached hydrogen (secondary N) is 3. The lowest BCUT2D eigenvalue weighted by Gasteiger charge is -2.38. The average molecular weight is 529 g/mol. The van der Waals surface area contributed by atoms with Crippen LogP contribution in [0.5, 0.6) is 5.88 Å². The minimum absolute atomic E-state index is 0.105. The number of hydrogen-bond acceptors (Lipinski definition) is 7. The molecule has 0 fully saturated rings. The molecule has 13 heteroatoms. The van der Waals surface area contributed by atoms with Gasteiger partial charge in [0.2, 0.25) is 5.88 Å². The number of ether oxygens (including phenoxy) is 1. The summed E-state index contributed by atoms with van der Waals surface area (Å²) < 4.78 is 85.4. The van der Waals surface area contributed by atoms with E-state index in [2.05, 4.69) is 25.9 Å². The molecule has 2 unspecified atom stereocenters. The number of hydrogen-bond donors (Lipinski definition) is 3. The summed E-state index contributed by atoms with van der Waals surface area (Å²) in [7, 11) is 1.11. The van der Waals surface area contributed by atoms with Gasteiger partial charge >= 0.3 is 12.4 Å². The van der Waals surface area contributed by atoms with E-state index in [-0.39, 0.29) is 30.3 Å². The third kappa shape index (κ3) is 5.76. The number of rotatable bonds is 5. The SMILES string of the molecule is COc1nc(NC2NC(C(C)C)NC3=C2CCN(c2ncccc2C(F)(F)F)C=C3)ccc1C(F)(F)F. The summed E-state index contributed by atoms with van der Waals surface area (Å²) in [6, 6.07) is 4.32. The van der Waals surface area contributed by atoms with Crippen molar-refractivity contribution in [1.29, 1.82) is 0 Å². The molecule has 2 atom stereocenters. The fourth-order valence-corrected chi connectivity index (χ4v) is 4.20. The number of aromatic nitrogens is 2. The summed E-state index contributed by atoms with van der Waals surface area (Å²) in [5.41, 5.74) is -0.370. The summed E-state index contributed by atoms with van der Waals surface area (Å²) in [5.74, 6) is -0.525. The maximum atomic E-state index is 13.6. The largest absolute Gasteiger partial charge is 0.481 e. The van der Waals surface area contributed by atoms with E-state index in [1.54, 1.807) is 12.3 Å². The first-order valence-corrected chi connectivity index (χ1v) is 11.5. The van der Waals surface area contributed by atoms with Gasteiger partial charge in [-0.1, -0.05) is 13.8 Å². The Hall–Kier alpha value is -3.48. The normalized spacial score (nSPS) is 20.4. The number of allylic oxidation sites excluding steroid dienone is 1. The second-order valence-corrected chi connectivity index (χ2v) is 8.93. The van der Waals surface area contributed by atoms with Gasteiger partial charge in [-0.15, -0.1) is 0 Å². The molecule has 2 aromatic rings. The highest BCUT2D eigenvalue weighted by Crippen LogP contribution is 2.38. The zero-order chi connectivity index (χ0) is 27.0. The highest BCUT2D eigenvalue weighted by molar-refractivity contribution is 5.54. The number of anilines is 2. The molecular formula is C24H26F6N6O. The number of pyridine rings is 2. The van der Waals surface area contributed by atoms with Crippen LogP contribution in [0.25, 0.3) is 0 Å². The van der Waals surface area contributed by atoms with E-state index in [9.17, 15) is 26.3 Å². The van der Waals surface area contributed by atoms with Crippen LogP contribution in [0.15, 0.2) is 54.0 Å². The average Bonchev–Trinajstić information content (AvgIpc) is 3.05. The number of halogens is 6. The molecule has 0 amide bonds. The van der Waals surface area contributed by atoms with Crippen molar-refractivity contribution in [3.63, 3.8) is 0 Å². The van der Waals surface area contributed by atoms with Gasteiger partial charge in [-0.2, -0.15) is 31.3 Å². The summed E-state index contributed by atoms with van der Waals surface area (Å²) in [5, 5.41) is 9.85. The number of alkyl halides is 6. The third-order valence-corrected chi connectivity index (χ3v) is 6.08. The minimum Gasteiger partial charge on any atom is -0.481 e. The highest BCUT2D eigenvalue weighted by atomic mass is 19.4. The maximum absolute atomic E-state index is 13.6. The van der Waals surface area contributed by atoms with E-state index in [0.29, 0.717) is 12.1 Å². The van der Waals surface area contributed by atoms with Gasteiger partial charge in [0.25, 0.3) is 0 Å². The standard InChI is InChI=1S/C24H26F6N6O/c1-13(2)19-32-17-9-12-36(21-15(23(25,26)27)5-4-10-31-21)11-8-14(17)20(35-19)33-18-7-6-16(24(28,29)30)22(34-18)37-3/h4-7,9-10,12-13,19-20,32,35H,8,11H2,1-3H3,(H,33,34). The van der Waals surface area contributed by atoms with Crippen molar-refractivity contribution in [1.82, 2.24) is 20.6 Å². The van der Waals surface area contributed by atoms with Gasteiger partial charge < -0.3 is 20.3 Å². The van der Waals surface area contributed by atoms with E-state index in [4.69, 9.17) is 4.74 Å². The van der Waals surface area contributed by atoms with Crippen molar-refractivity contribution in [3.05, 3.63) is 65.1 Å². The molecule has 0 radical (unpaired) electrons. The summed E-state index contributed by atoms with van der Waals surface area (Å²) in [4.78, 5) is 9.39. The van der Waals surface area contributed by atoms with Crippen LogP contribution in [-0.4, -0.2) is 36.0 Å². The van der Waals surface area contributed by atoms with Crippen LogP contribution in [0.4, 0.5) is 38.0 Å². The molecule has 0 saturated carbocycles. The Morgan fingerprint density at radius 2 is 1.81 bits per heavy atom. The Labute approximate surface area is 209 Å². The zero-order valence-electron chi connectivity index (χ0n) is 20.2. The molecule has 0 spiro atoms. The van der Waals surface area contributed by atoms with Gasteiger partial charge in [0.05, 0.1) is 18.8 Å². The molecule has 2 aliphatic rings.